The van der Waals surface area contributed by atoms with Crippen molar-refractivity contribution < 1.29 is 57.3 Å². The molecule has 0 radical (unpaired) electrons. The molecule has 0 spiro atoms. The van der Waals surface area contributed by atoms with Gasteiger partial charge in [0.25, 0.3) is 0 Å². The Bertz CT molecular complexity index is 495. The number of hydrogen-bond donors (Lipinski definition) is 0. The van der Waals surface area contributed by atoms with E-state index in [9.17, 15) is 13.7 Å². The van der Waals surface area contributed by atoms with E-state index in [0.717, 1.165) is 0 Å². The van der Waals surface area contributed by atoms with Crippen LogP contribution < -0.4 is 39.6 Å². The van der Waals surface area contributed by atoms with Crippen LogP contribution in [-0.2, 0) is 19.2 Å². The number of halogens is 1. The molecule has 0 unspecified atom stereocenters. The SMILES string of the molecule is COc1cc(SOO[O-])ccc1S(=O)(=O)CCCl.[Na+]. The zero-order chi connectivity index (χ0) is 13.6. The first-order valence-corrected chi connectivity index (χ1v) is 7.58. The van der Waals surface area contributed by atoms with Crippen molar-refractivity contribution in [3.8, 4) is 5.75 Å². The molecule has 0 saturated heterocycles. The number of rotatable bonds is 7. The molecule has 0 heterocycles. The summed E-state index contributed by atoms with van der Waals surface area (Å²) in [7, 11) is -2.15. The minimum Gasteiger partial charge on any atom is -0.691 e. The maximum absolute atomic E-state index is 11.9. The topological polar surface area (TPSA) is 84.9 Å². The van der Waals surface area contributed by atoms with E-state index in [-0.39, 0.29) is 51.8 Å². The molecule has 0 bridgehead atoms. The molecule has 0 aliphatic heterocycles. The van der Waals surface area contributed by atoms with Crippen LogP contribution in [0.25, 0.3) is 0 Å². The number of methoxy groups -OCH3 is 1. The fraction of sp³-hybridized carbons (Fsp3) is 0.333. The molecule has 6 nitrogen and oxygen atoms in total. The van der Waals surface area contributed by atoms with Crippen molar-refractivity contribution in [3.63, 3.8) is 0 Å². The van der Waals surface area contributed by atoms with Gasteiger partial charge in [0.05, 0.1) is 24.9 Å². The molecule has 0 aliphatic rings. The molecule has 1 aromatic carbocycles. The van der Waals surface area contributed by atoms with E-state index in [2.05, 4.69) is 9.37 Å². The molecule has 0 atom stereocenters. The van der Waals surface area contributed by atoms with Gasteiger partial charge >= 0.3 is 29.6 Å². The van der Waals surface area contributed by atoms with E-state index in [1.165, 1.54) is 25.3 Å². The van der Waals surface area contributed by atoms with Crippen LogP contribution in [0.4, 0.5) is 0 Å². The summed E-state index contributed by atoms with van der Waals surface area (Å²) in [5.41, 5.74) is 0. The molecular formula is C9H10ClNaO6S2. The van der Waals surface area contributed by atoms with Crippen molar-refractivity contribution in [2.75, 3.05) is 18.7 Å². The van der Waals surface area contributed by atoms with E-state index >= 15 is 0 Å². The van der Waals surface area contributed by atoms with Crippen molar-refractivity contribution in [2.24, 2.45) is 0 Å². The third kappa shape index (κ3) is 5.78. The van der Waals surface area contributed by atoms with Crippen LogP contribution in [0.2, 0.25) is 0 Å². The van der Waals surface area contributed by atoms with Gasteiger partial charge in [0.15, 0.2) is 9.84 Å². The van der Waals surface area contributed by atoms with Gasteiger partial charge in [0.2, 0.25) is 0 Å². The van der Waals surface area contributed by atoms with Crippen molar-refractivity contribution >= 4 is 33.5 Å². The average Bonchev–Trinajstić information content (AvgIpc) is 2.35. The summed E-state index contributed by atoms with van der Waals surface area (Å²) in [6.45, 7) is 0. The second kappa shape index (κ2) is 9.43. The minimum atomic E-state index is -3.49. The number of sulfone groups is 1. The third-order valence-corrected chi connectivity index (χ3v) is 4.71. The van der Waals surface area contributed by atoms with Crippen LogP contribution >= 0.6 is 23.6 Å². The van der Waals surface area contributed by atoms with Gasteiger partial charge in [-0.05, 0) is 18.2 Å². The van der Waals surface area contributed by atoms with Crippen molar-refractivity contribution in [2.45, 2.75) is 9.79 Å². The van der Waals surface area contributed by atoms with Crippen LogP contribution in [0.15, 0.2) is 28.0 Å². The van der Waals surface area contributed by atoms with Crippen LogP contribution in [0.5, 0.6) is 5.75 Å². The summed E-state index contributed by atoms with van der Waals surface area (Å²) in [6, 6.07) is 4.25. The molecule has 0 fully saturated rings. The molecule has 19 heavy (non-hydrogen) atoms. The van der Waals surface area contributed by atoms with Gasteiger partial charge in [0, 0.05) is 10.8 Å². The minimum absolute atomic E-state index is 0. The Morgan fingerprint density at radius 1 is 1.42 bits per heavy atom. The first-order valence-electron chi connectivity index (χ1n) is 4.65. The Morgan fingerprint density at radius 3 is 2.63 bits per heavy atom. The van der Waals surface area contributed by atoms with Crippen molar-refractivity contribution in [1.82, 2.24) is 0 Å². The van der Waals surface area contributed by atoms with Crippen molar-refractivity contribution in [1.29, 1.82) is 0 Å². The summed E-state index contributed by atoms with van der Waals surface area (Å²) >= 11 is 6.08. The molecule has 0 saturated carbocycles. The summed E-state index contributed by atoms with van der Waals surface area (Å²) in [4.78, 5) is 0.505. The normalized spacial score (nSPS) is 10.9. The van der Waals surface area contributed by atoms with Gasteiger partial charge in [-0.25, -0.2) is 8.42 Å². The maximum atomic E-state index is 11.9. The first-order chi connectivity index (χ1) is 8.55. The number of alkyl halides is 1. The van der Waals surface area contributed by atoms with Gasteiger partial charge in [-0.15, -0.1) is 11.6 Å². The van der Waals surface area contributed by atoms with E-state index in [1.54, 1.807) is 0 Å². The Balaban J connectivity index is 0.00000324. The number of hydrogen-bond acceptors (Lipinski definition) is 7. The predicted octanol–water partition coefficient (Wildman–Crippen LogP) is -2.06. The molecule has 1 aromatic rings. The Morgan fingerprint density at radius 2 is 2.11 bits per heavy atom. The molecule has 10 heteroatoms. The molecule has 0 amide bonds. The van der Waals surface area contributed by atoms with Gasteiger partial charge in [-0.1, -0.05) is 0 Å². The van der Waals surface area contributed by atoms with E-state index < -0.39 is 9.84 Å². The zero-order valence-electron chi connectivity index (χ0n) is 10.3. The summed E-state index contributed by atoms with van der Waals surface area (Å²) in [6.07, 6.45) is 0. The van der Waals surface area contributed by atoms with Crippen LogP contribution in [0, 0.1) is 0 Å². The van der Waals surface area contributed by atoms with Gasteiger partial charge in [-0.3, -0.25) is 5.04 Å². The zero-order valence-corrected chi connectivity index (χ0v) is 14.7. The Labute approximate surface area is 142 Å². The molecule has 1 rings (SSSR count). The van der Waals surface area contributed by atoms with Crippen LogP contribution in [0.1, 0.15) is 0 Å². The summed E-state index contributed by atoms with van der Waals surface area (Å²) in [5.74, 6) is -0.0354. The second-order valence-electron chi connectivity index (χ2n) is 3.04. The van der Waals surface area contributed by atoms with Gasteiger partial charge in [0.1, 0.15) is 10.6 Å². The smallest absolute Gasteiger partial charge is 0.691 e. The molecule has 0 N–H and O–H groups in total. The Hall–Kier alpha value is 0.490. The predicted molar refractivity (Wildman–Crippen MR) is 63.8 cm³/mol. The van der Waals surface area contributed by atoms with Gasteiger partial charge < -0.3 is 9.99 Å². The number of ether oxygens (including phenoxy) is 1. The van der Waals surface area contributed by atoms with E-state index in [4.69, 9.17) is 16.3 Å². The molecule has 102 valence electrons. The van der Waals surface area contributed by atoms with E-state index in [1.807, 2.05) is 0 Å². The largest absolute Gasteiger partial charge is 1.00 e. The number of benzene rings is 1. The summed E-state index contributed by atoms with van der Waals surface area (Å²) < 4.78 is 32.8. The first kappa shape index (κ1) is 19.5. The maximum Gasteiger partial charge on any atom is 1.00 e. The second-order valence-corrected chi connectivity index (χ2v) is 6.27. The Kier molecular flexibility index (Phi) is 9.67. The summed E-state index contributed by atoms with van der Waals surface area (Å²) in [5, 5.41) is 12.9. The van der Waals surface area contributed by atoms with E-state index in [0.29, 0.717) is 16.9 Å². The average molecular weight is 337 g/mol. The van der Waals surface area contributed by atoms with Crippen molar-refractivity contribution in [3.05, 3.63) is 18.2 Å². The molecule has 0 aromatic heterocycles. The fourth-order valence-electron chi connectivity index (χ4n) is 1.22. The third-order valence-electron chi connectivity index (χ3n) is 1.97. The fourth-order valence-corrected chi connectivity index (χ4v) is 3.36. The van der Waals surface area contributed by atoms with Crippen LogP contribution in [0.3, 0.4) is 0 Å². The van der Waals surface area contributed by atoms with Crippen LogP contribution in [-0.4, -0.2) is 27.2 Å². The quantitative estimate of drug-likeness (QED) is 0.186. The van der Waals surface area contributed by atoms with Gasteiger partial charge in [-0.2, -0.15) is 4.33 Å². The monoisotopic (exact) mass is 336 g/mol. The standard InChI is InChI=1S/C9H11ClO6S2.Na/c1-14-8-6-7(17-16-15-11)2-3-9(8)18(12,13)5-4-10;/h2-3,6,11H,4-5H2,1H3;/q;+1/p-1. The molecule has 0 aliphatic carbocycles. The molecular weight excluding hydrogens is 327 g/mol.